The van der Waals surface area contributed by atoms with E-state index < -0.39 is 0 Å². The molecule has 0 saturated heterocycles. The first-order chi connectivity index (χ1) is 9.72. The van der Waals surface area contributed by atoms with Crippen molar-refractivity contribution in [3.05, 3.63) is 35.7 Å². The van der Waals surface area contributed by atoms with Gasteiger partial charge in [-0.2, -0.15) is 0 Å². The Morgan fingerprint density at radius 3 is 2.95 bits per heavy atom. The Balaban J connectivity index is 1.52. The molecule has 1 heterocycles. The number of aromatic nitrogens is 2. The second-order valence-corrected chi connectivity index (χ2v) is 5.76. The fourth-order valence-electron chi connectivity index (χ4n) is 1.80. The zero-order valence-electron chi connectivity index (χ0n) is 11.1. The van der Waals surface area contributed by atoms with E-state index in [1.807, 2.05) is 31.2 Å². The van der Waals surface area contributed by atoms with Gasteiger partial charge in [-0.15, -0.1) is 10.2 Å². The van der Waals surface area contributed by atoms with Gasteiger partial charge in [0.05, 0.1) is 5.75 Å². The van der Waals surface area contributed by atoms with Crippen molar-refractivity contribution in [1.82, 2.24) is 10.2 Å². The third-order valence-electron chi connectivity index (χ3n) is 3.09. The largest absolute Gasteiger partial charge is 0.416 e. The minimum Gasteiger partial charge on any atom is -0.416 e. The number of nitrogens with one attached hydrogen (secondary N) is 1. The maximum atomic E-state index is 11.9. The van der Waals surface area contributed by atoms with E-state index >= 15 is 0 Å². The normalized spacial score (nSPS) is 14.2. The highest BCUT2D eigenvalue weighted by molar-refractivity contribution is 7.99. The molecule has 1 aromatic heterocycles. The number of nitrogens with zero attached hydrogens (tertiary/aromatic N) is 2. The summed E-state index contributed by atoms with van der Waals surface area (Å²) in [6, 6.07) is 7.69. The lowest BCUT2D eigenvalue weighted by atomic mass is 10.2. The van der Waals surface area contributed by atoms with Gasteiger partial charge >= 0.3 is 0 Å². The molecule has 1 N–H and O–H groups in total. The highest BCUT2D eigenvalue weighted by atomic mass is 32.2. The molecule has 0 spiro atoms. The second-order valence-electron chi connectivity index (χ2n) is 4.83. The van der Waals surface area contributed by atoms with Gasteiger partial charge in [0, 0.05) is 11.6 Å². The zero-order valence-corrected chi connectivity index (χ0v) is 11.9. The third-order valence-corrected chi connectivity index (χ3v) is 3.91. The molecule has 0 atom stereocenters. The number of hydrogen-bond donors (Lipinski definition) is 1. The molecule has 1 aliphatic rings. The van der Waals surface area contributed by atoms with Gasteiger partial charge in [0.2, 0.25) is 11.8 Å². The zero-order chi connectivity index (χ0) is 13.9. The molecule has 6 heteroatoms. The SMILES string of the molecule is Cc1ccccc1NC(=O)CSc1nnc(C2CC2)o1. The van der Waals surface area contributed by atoms with Crippen LogP contribution in [0.25, 0.3) is 0 Å². The molecule has 1 aliphatic carbocycles. The van der Waals surface area contributed by atoms with Crippen molar-refractivity contribution in [2.45, 2.75) is 30.9 Å². The van der Waals surface area contributed by atoms with Crippen molar-refractivity contribution < 1.29 is 9.21 Å². The summed E-state index contributed by atoms with van der Waals surface area (Å²) < 4.78 is 5.49. The van der Waals surface area contributed by atoms with Crippen LogP contribution >= 0.6 is 11.8 Å². The molecule has 3 rings (SSSR count). The molecular formula is C14H15N3O2S. The monoisotopic (exact) mass is 289 g/mol. The Labute approximate surface area is 121 Å². The van der Waals surface area contributed by atoms with Crippen LogP contribution in [0.1, 0.15) is 30.2 Å². The number of amides is 1. The standard InChI is InChI=1S/C14H15N3O2S/c1-9-4-2-3-5-11(9)15-12(18)8-20-14-17-16-13(19-14)10-6-7-10/h2-5,10H,6-8H2,1H3,(H,15,18). The number of hydrogen-bond acceptors (Lipinski definition) is 5. The summed E-state index contributed by atoms with van der Waals surface area (Å²) in [5, 5.41) is 11.3. The van der Waals surface area contributed by atoms with E-state index in [2.05, 4.69) is 15.5 Å². The van der Waals surface area contributed by atoms with Crippen LogP contribution in [0.5, 0.6) is 0 Å². The predicted molar refractivity (Wildman–Crippen MR) is 76.8 cm³/mol. The van der Waals surface area contributed by atoms with Gasteiger partial charge in [0.15, 0.2) is 0 Å². The van der Waals surface area contributed by atoms with E-state index in [0.29, 0.717) is 17.0 Å². The fraction of sp³-hybridized carbons (Fsp3) is 0.357. The molecule has 0 radical (unpaired) electrons. The summed E-state index contributed by atoms with van der Waals surface area (Å²) in [6.45, 7) is 1.96. The molecule has 1 aromatic carbocycles. The molecule has 0 aliphatic heterocycles. The van der Waals surface area contributed by atoms with Gasteiger partial charge in [0.25, 0.3) is 5.22 Å². The van der Waals surface area contributed by atoms with Gasteiger partial charge in [-0.3, -0.25) is 4.79 Å². The van der Waals surface area contributed by atoms with E-state index in [4.69, 9.17) is 4.42 Å². The summed E-state index contributed by atoms with van der Waals surface area (Å²) in [6.07, 6.45) is 2.25. The Kier molecular flexibility index (Phi) is 3.73. The van der Waals surface area contributed by atoms with Crippen LogP contribution in [-0.2, 0) is 4.79 Å². The lowest BCUT2D eigenvalue weighted by molar-refractivity contribution is -0.113. The lowest BCUT2D eigenvalue weighted by Gasteiger charge is -2.06. The average Bonchev–Trinajstić information content (AvgIpc) is 3.18. The number of thioether (sulfide) groups is 1. The summed E-state index contributed by atoms with van der Waals surface area (Å²) in [7, 11) is 0. The quantitative estimate of drug-likeness (QED) is 0.857. The number of para-hydroxylation sites is 1. The summed E-state index contributed by atoms with van der Waals surface area (Å²) in [5.41, 5.74) is 1.88. The lowest BCUT2D eigenvalue weighted by Crippen LogP contribution is -2.14. The molecule has 1 amide bonds. The van der Waals surface area contributed by atoms with E-state index in [1.165, 1.54) is 11.8 Å². The number of carbonyl (C=O) groups excluding carboxylic acids is 1. The Morgan fingerprint density at radius 1 is 1.40 bits per heavy atom. The van der Waals surface area contributed by atoms with Crippen LogP contribution in [0.15, 0.2) is 33.9 Å². The van der Waals surface area contributed by atoms with Crippen LogP contribution < -0.4 is 5.32 Å². The minimum absolute atomic E-state index is 0.0736. The molecule has 2 aromatic rings. The van der Waals surface area contributed by atoms with E-state index in [1.54, 1.807) is 0 Å². The molecule has 0 unspecified atom stereocenters. The summed E-state index contributed by atoms with van der Waals surface area (Å²) in [5.74, 6) is 1.33. The van der Waals surface area contributed by atoms with Gasteiger partial charge < -0.3 is 9.73 Å². The van der Waals surface area contributed by atoms with Crippen molar-refractivity contribution in [2.24, 2.45) is 0 Å². The van der Waals surface area contributed by atoms with Crippen molar-refractivity contribution >= 4 is 23.4 Å². The molecular weight excluding hydrogens is 274 g/mol. The first-order valence-electron chi connectivity index (χ1n) is 6.54. The van der Waals surface area contributed by atoms with Crippen LogP contribution in [-0.4, -0.2) is 21.9 Å². The van der Waals surface area contributed by atoms with Crippen molar-refractivity contribution in [3.8, 4) is 0 Å². The van der Waals surface area contributed by atoms with Crippen molar-refractivity contribution in [2.75, 3.05) is 11.1 Å². The first kappa shape index (κ1) is 13.2. The van der Waals surface area contributed by atoms with Crippen LogP contribution in [0.2, 0.25) is 0 Å². The van der Waals surface area contributed by atoms with Crippen molar-refractivity contribution in [3.63, 3.8) is 0 Å². The first-order valence-corrected chi connectivity index (χ1v) is 7.52. The van der Waals surface area contributed by atoms with Gasteiger partial charge in [-0.05, 0) is 31.4 Å². The summed E-state index contributed by atoms with van der Waals surface area (Å²) in [4.78, 5) is 11.9. The average molecular weight is 289 g/mol. The third kappa shape index (κ3) is 3.19. The minimum atomic E-state index is -0.0736. The number of carbonyl (C=O) groups is 1. The predicted octanol–water partition coefficient (Wildman–Crippen LogP) is 2.99. The second kappa shape index (κ2) is 5.66. The van der Waals surface area contributed by atoms with E-state index in [9.17, 15) is 4.79 Å². The van der Waals surface area contributed by atoms with Crippen molar-refractivity contribution in [1.29, 1.82) is 0 Å². The Hall–Kier alpha value is -1.82. The topological polar surface area (TPSA) is 68.0 Å². The van der Waals surface area contributed by atoms with Gasteiger partial charge in [-0.25, -0.2) is 0 Å². The van der Waals surface area contributed by atoms with Crippen LogP contribution in [0.3, 0.4) is 0 Å². The highest BCUT2D eigenvalue weighted by Gasteiger charge is 2.29. The van der Waals surface area contributed by atoms with Crippen LogP contribution in [0.4, 0.5) is 5.69 Å². The summed E-state index contributed by atoms with van der Waals surface area (Å²) >= 11 is 1.27. The molecule has 20 heavy (non-hydrogen) atoms. The maximum absolute atomic E-state index is 11.9. The Bertz CT molecular complexity index is 622. The highest BCUT2D eigenvalue weighted by Crippen LogP contribution is 2.39. The molecule has 1 fully saturated rings. The van der Waals surface area contributed by atoms with Crippen LogP contribution in [0, 0.1) is 6.92 Å². The van der Waals surface area contributed by atoms with E-state index in [0.717, 1.165) is 24.1 Å². The number of aryl methyl sites for hydroxylation is 1. The molecule has 0 bridgehead atoms. The van der Waals surface area contributed by atoms with Gasteiger partial charge in [0.1, 0.15) is 0 Å². The number of benzene rings is 1. The number of anilines is 1. The molecule has 104 valence electrons. The van der Waals surface area contributed by atoms with Gasteiger partial charge in [-0.1, -0.05) is 30.0 Å². The smallest absolute Gasteiger partial charge is 0.277 e. The van der Waals surface area contributed by atoms with E-state index in [-0.39, 0.29) is 11.7 Å². The maximum Gasteiger partial charge on any atom is 0.277 e. The molecule has 5 nitrogen and oxygen atoms in total. The fourth-order valence-corrected chi connectivity index (χ4v) is 2.37. The molecule has 1 saturated carbocycles. The number of rotatable bonds is 5. The Morgan fingerprint density at radius 2 is 2.20 bits per heavy atom.